The maximum atomic E-state index is 5.61. The van der Waals surface area contributed by atoms with E-state index in [2.05, 4.69) is 33.1 Å². The SMILES string of the molecule is CCOC1CC(CC(CC(C)CC)NC)C1. The Morgan fingerprint density at radius 2 is 2.00 bits per heavy atom. The largest absolute Gasteiger partial charge is 0.378 e. The molecule has 1 saturated carbocycles. The van der Waals surface area contributed by atoms with E-state index in [1.54, 1.807) is 0 Å². The quantitative estimate of drug-likeness (QED) is 0.687. The first-order chi connectivity index (χ1) is 7.69. The monoisotopic (exact) mass is 227 g/mol. The van der Waals surface area contributed by atoms with E-state index in [-0.39, 0.29) is 0 Å². The zero-order valence-corrected chi connectivity index (χ0v) is 11.5. The third-order valence-electron chi connectivity index (χ3n) is 4.00. The molecule has 2 unspecified atom stereocenters. The van der Waals surface area contributed by atoms with Gasteiger partial charge in [0.15, 0.2) is 0 Å². The molecule has 0 spiro atoms. The summed E-state index contributed by atoms with van der Waals surface area (Å²) in [5, 5.41) is 3.47. The van der Waals surface area contributed by atoms with Crippen LogP contribution in [0.1, 0.15) is 52.9 Å². The van der Waals surface area contributed by atoms with E-state index in [0.717, 1.165) is 18.4 Å². The van der Waals surface area contributed by atoms with Crippen LogP contribution in [0.2, 0.25) is 0 Å². The van der Waals surface area contributed by atoms with Gasteiger partial charge in [0, 0.05) is 12.6 Å². The number of ether oxygens (including phenoxy) is 1. The zero-order valence-electron chi connectivity index (χ0n) is 11.5. The van der Waals surface area contributed by atoms with Gasteiger partial charge >= 0.3 is 0 Å². The average Bonchev–Trinajstić information content (AvgIpc) is 2.24. The van der Waals surface area contributed by atoms with Crippen molar-refractivity contribution in [2.24, 2.45) is 11.8 Å². The number of rotatable bonds is 8. The Bertz CT molecular complexity index is 178. The molecule has 2 nitrogen and oxygen atoms in total. The molecule has 1 aliphatic carbocycles. The van der Waals surface area contributed by atoms with Crippen LogP contribution < -0.4 is 5.32 Å². The Morgan fingerprint density at radius 3 is 2.50 bits per heavy atom. The fourth-order valence-electron chi connectivity index (χ4n) is 2.63. The molecular formula is C14H29NO. The Labute approximate surface area is 101 Å². The molecule has 0 aromatic heterocycles. The lowest BCUT2D eigenvalue weighted by molar-refractivity contribution is -0.0293. The maximum Gasteiger partial charge on any atom is 0.0580 e. The molecule has 0 heterocycles. The minimum Gasteiger partial charge on any atom is -0.378 e. The van der Waals surface area contributed by atoms with Crippen LogP contribution in [-0.4, -0.2) is 25.8 Å². The van der Waals surface area contributed by atoms with Crippen LogP contribution in [0.3, 0.4) is 0 Å². The van der Waals surface area contributed by atoms with Gasteiger partial charge in [0.2, 0.25) is 0 Å². The van der Waals surface area contributed by atoms with Crippen LogP contribution in [0.15, 0.2) is 0 Å². The van der Waals surface area contributed by atoms with Gasteiger partial charge in [0.1, 0.15) is 0 Å². The highest BCUT2D eigenvalue weighted by Gasteiger charge is 2.31. The number of nitrogens with one attached hydrogen (secondary N) is 1. The van der Waals surface area contributed by atoms with E-state index in [4.69, 9.17) is 4.74 Å². The van der Waals surface area contributed by atoms with E-state index < -0.39 is 0 Å². The van der Waals surface area contributed by atoms with Crippen LogP contribution in [-0.2, 0) is 4.74 Å². The first-order valence-electron chi connectivity index (χ1n) is 6.98. The third-order valence-corrected chi connectivity index (χ3v) is 4.00. The number of hydrogen-bond donors (Lipinski definition) is 1. The van der Waals surface area contributed by atoms with Crippen molar-refractivity contribution in [3.63, 3.8) is 0 Å². The van der Waals surface area contributed by atoms with Crippen LogP contribution in [0.4, 0.5) is 0 Å². The molecule has 2 atom stereocenters. The Morgan fingerprint density at radius 1 is 1.31 bits per heavy atom. The maximum absolute atomic E-state index is 5.61. The van der Waals surface area contributed by atoms with Crippen molar-refractivity contribution in [2.45, 2.75) is 65.0 Å². The summed E-state index contributed by atoms with van der Waals surface area (Å²) in [6.07, 6.45) is 7.09. The van der Waals surface area contributed by atoms with E-state index in [1.807, 2.05) is 0 Å². The van der Waals surface area contributed by atoms with Crippen molar-refractivity contribution < 1.29 is 4.74 Å². The van der Waals surface area contributed by atoms with E-state index in [1.165, 1.54) is 32.1 Å². The predicted molar refractivity (Wildman–Crippen MR) is 69.7 cm³/mol. The van der Waals surface area contributed by atoms with Crippen molar-refractivity contribution in [3.05, 3.63) is 0 Å². The van der Waals surface area contributed by atoms with Crippen molar-refractivity contribution in [1.82, 2.24) is 5.32 Å². The summed E-state index contributed by atoms with van der Waals surface area (Å²) < 4.78 is 5.61. The van der Waals surface area contributed by atoms with Gasteiger partial charge in [0.25, 0.3) is 0 Å². The minimum absolute atomic E-state index is 0.566. The lowest BCUT2D eigenvalue weighted by Gasteiger charge is -2.37. The van der Waals surface area contributed by atoms with Gasteiger partial charge in [-0.15, -0.1) is 0 Å². The molecule has 1 N–H and O–H groups in total. The van der Waals surface area contributed by atoms with Gasteiger partial charge < -0.3 is 10.1 Å². The zero-order chi connectivity index (χ0) is 12.0. The molecule has 0 aromatic rings. The molecule has 0 aromatic carbocycles. The molecule has 0 radical (unpaired) electrons. The second-order valence-corrected chi connectivity index (χ2v) is 5.39. The van der Waals surface area contributed by atoms with Gasteiger partial charge in [-0.25, -0.2) is 0 Å². The predicted octanol–water partition coefficient (Wildman–Crippen LogP) is 3.22. The van der Waals surface area contributed by atoms with Gasteiger partial charge in [0.05, 0.1) is 6.10 Å². The molecule has 1 fully saturated rings. The third kappa shape index (κ3) is 4.42. The lowest BCUT2D eigenvalue weighted by atomic mass is 9.77. The second kappa shape index (κ2) is 7.29. The van der Waals surface area contributed by atoms with Crippen LogP contribution >= 0.6 is 0 Å². The first kappa shape index (κ1) is 14.0. The summed E-state index contributed by atoms with van der Waals surface area (Å²) in [6, 6.07) is 0.711. The van der Waals surface area contributed by atoms with Crippen molar-refractivity contribution in [1.29, 1.82) is 0 Å². The lowest BCUT2D eigenvalue weighted by Crippen LogP contribution is -2.37. The summed E-state index contributed by atoms with van der Waals surface area (Å²) in [5.74, 6) is 1.75. The Kier molecular flexibility index (Phi) is 6.37. The van der Waals surface area contributed by atoms with Gasteiger partial charge in [-0.2, -0.15) is 0 Å². The molecule has 0 amide bonds. The van der Waals surface area contributed by atoms with Crippen LogP contribution in [0.5, 0.6) is 0 Å². The van der Waals surface area contributed by atoms with E-state index in [0.29, 0.717) is 12.1 Å². The molecule has 0 saturated heterocycles. The van der Waals surface area contributed by atoms with Crippen molar-refractivity contribution in [2.75, 3.05) is 13.7 Å². The average molecular weight is 227 g/mol. The summed E-state index contributed by atoms with van der Waals surface area (Å²) in [6.45, 7) is 7.60. The van der Waals surface area contributed by atoms with Gasteiger partial charge in [-0.05, 0) is 51.5 Å². The normalized spacial score (nSPS) is 28.5. The highest BCUT2D eigenvalue weighted by molar-refractivity contribution is 4.84. The van der Waals surface area contributed by atoms with Crippen molar-refractivity contribution in [3.8, 4) is 0 Å². The molecule has 16 heavy (non-hydrogen) atoms. The first-order valence-corrected chi connectivity index (χ1v) is 6.98. The molecular weight excluding hydrogens is 198 g/mol. The molecule has 2 heteroatoms. The van der Waals surface area contributed by atoms with Gasteiger partial charge in [-0.3, -0.25) is 0 Å². The van der Waals surface area contributed by atoms with Crippen LogP contribution in [0.25, 0.3) is 0 Å². The van der Waals surface area contributed by atoms with E-state index >= 15 is 0 Å². The molecule has 1 rings (SSSR count). The van der Waals surface area contributed by atoms with E-state index in [9.17, 15) is 0 Å². The standard InChI is InChI=1S/C14H29NO/c1-5-11(3)7-13(15-4)8-12-9-14(10-12)16-6-2/h11-15H,5-10H2,1-4H3. The highest BCUT2D eigenvalue weighted by Crippen LogP contribution is 2.34. The van der Waals surface area contributed by atoms with Gasteiger partial charge in [-0.1, -0.05) is 20.3 Å². The highest BCUT2D eigenvalue weighted by atomic mass is 16.5. The summed E-state index contributed by atoms with van der Waals surface area (Å²) >= 11 is 0. The minimum atomic E-state index is 0.566. The fraction of sp³-hybridized carbons (Fsp3) is 1.00. The topological polar surface area (TPSA) is 21.3 Å². The summed E-state index contributed by atoms with van der Waals surface area (Å²) in [7, 11) is 2.10. The fourth-order valence-corrected chi connectivity index (χ4v) is 2.63. The second-order valence-electron chi connectivity index (χ2n) is 5.39. The summed E-state index contributed by atoms with van der Waals surface area (Å²) in [4.78, 5) is 0. The summed E-state index contributed by atoms with van der Waals surface area (Å²) in [5.41, 5.74) is 0. The Balaban J connectivity index is 2.15. The van der Waals surface area contributed by atoms with Crippen molar-refractivity contribution >= 4 is 0 Å². The molecule has 96 valence electrons. The number of hydrogen-bond acceptors (Lipinski definition) is 2. The molecule has 0 bridgehead atoms. The molecule has 1 aliphatic rings. The smallest absolute Gasteiger partial charge is 0.0580 e. The molecule has 0 aliphatic heterocycles. The van der Waals surface area contributed by atoms with Crippen LogP contribution in [0, 0.1) is 11.8 Å². The Hall–Kier alpha value is -0.0800.